The Morgan fingerprint density at radius 1 is 0.412 bits per heavy atom. The van der Waals surface area contributed by atoms with Crippen molar-refractivity contribution in [2.24, 2.45) is 0 Å². The molecule has 34 heavy (non-hydrogen) atoms. The molecule has 0 amide bonds. The smallest absolute Gasteiger partial charge is 0.327 e. The number of benzene rings is 6. The molecule has 0 unspecified atom stereocenters. The first kappa shape index (κ1) is 19.3. The Morgan fingerprint density at radius 2 is 0.912 bits per heavy atom. The highest BCUT2D eigenvalue weighted by Gasteiger charge is 2.30. The first-order valence-electron chi connectivity index (χ1n) is 11.6. The van der Waals surface area contributed by atoms with Crippen molar-refractivity contribution in [1.29, 1.82) is 0 Å². The first-order valence-corrected chi connectivity index (χ1v) is 11.6. The van der Waals surface area contributed by atoms with Gasteiger partial charge in [0.1, 0.15) is 0 Å². The lowest BCUT2D eigenvalue weighted by Gasteiger charge is -2.20. The van der Waals surface area contributed by atoms with E-state index in [-0.39, 0.29) is 0 Å². The fourth-order valence-electron chi connectivity index (χ4n) is 5.74. The van der Waals surface area contributed by atoms with Gasteiger partial charge in [0.25, 0.3) is 0 Å². The van der Waals surface area contributed by atoms with Crippen LogP contribution in [0.25, 0.3) is 66.1 Å². The topological polar surface area (TPSA) is 20.2 Å². The molecule has 0 atom stereocenters. The van der Waals surface area contributed by atoms with Crippen LogP contribution in [0.3, 0.4) is 0 Å². The molecule has 6 aromatic carbocycles. The Balaban J connectivity index is 1.76. The predicted octanol–water partition coefficient (Wildman–Crippen LogP) is 7.21. The fraction of sp³-hybridized carbons (Fsp3) is 0. The molecule has 0 bridgehead atoms. The van der Waals surface area contributed by atoms with Gasteiger partial charge in [-0.3, -0.25) is 0 Å². The second kappa shape index (κ2) is 7.45. The number of fused-ring (bicyclic) bond motifs is 4. The van der Waals surface area contributed by atoms with E-state index in [1.54, 1.807) is 0 Å². The maximum absolute atomic E-state index is 9.95. The van der Waals surface area contributed by atoms with Gasteiger partial charge in [-0.2, -0.15) is 0 Å². The van der Waals surface area contributed by atoms with E-state index in [2.05, 4.69) is 109 Å². The summed E-state index contributed by atoms with van der Waals surface area (Å²) in [6, 6.07) is 40.9. The van der Waals surface area contributed by atoms with Gasteiger partial charge in [0.05, 0.1) is 0 Å². The lowest BCUT2D eigenvalue weighted by Crippen LogP contribution is -2.14. The molecule has 1 radical (unpaired) electrons. The summed E-state index contributed by atoms with van der Waals surface area (Å²) in [4.78, 5) is 0. The molecule has 6 aromatic rings. The predicted molar refractivity (Wildman–Crippen MR) is 144 cm³/mol. The van der Waals surface area contributed by atoms with Gasteiger partial charge in [0, 0.05) is 0 Å². The Kier molecular flexibility index (Phi) is 4.24. The van der Waals surface area contributed by atoms with E-state index in [1.807, 2.05) is 6.07 Å². The average molecular weight is 431 g/mol. The van der Waals surface area contributed by atoms with Crippen molar-refractivity contribution in [3.8, 4) is 44.5 Å². The van der Waals surface area contributed by atoms with Crippen molar-refractivity contribution < 1.29 is 5.02 Å². The molecule has 0 spiro atoms. The van der Waals surface area contributed by atoms with Crippen LogP contribution in [0.5, 0.6) is 0 Å². The molecule has 157 valence electrons. The molecule has 2 heteroatoms. The van der Waals surface area contributed by atoms with E-state index in [9.17, 15) is 5.02 Å². The van der Waals surface area contributed by atoms with Crippen LogP contribution in [0.2, 0.25) is 0 Å². The normalized spacial score (nSPS) is 11.7. The van der Waals surface area contributed by atoms with Crippen molar-refractivity contribution in [2.45, 2.75) is 0 Å². The van der Waals surface area contributed by atoms with Crippen molar-refractivity contribution in [2.75, 3.05) is 0 Å². The zero-order valence-corrected chi connectivity index (χ0v) is 18.5. The van der Waals surface area contributed by atoms with Crippen LogP contribution in [-0.4, -0.2) is 12.5 Å². The largest absolute Gasteiger partial charge is 0.450 e. The third-order valence-electron chi connectivity index (χ3n) is 7.09. The Labute approximate surface area is 199 Å². The SMILES string of the molecule is O[B]c1ccc2c3c(cccc13)-c1c-2c(-c2ccccc2)c2ccccc2c1-c1ccccc1. The second-order valence-corrected chi connectivity index (χ2v) is 8.84. The van der Waals surface area contributed by atoms with Gasteiger partial charge in [-0.1, -0.05) is 115 Å². The van der Waals surface area contributed by atoms with Crippen LogP contribution in [0.4, 0.5) is 0 Å². The van der Waals surface area contributed by atoms with E-state index >= 15 is 0 Å². The molecule has 0 saturated carbocycles. The van der Waals surface area contributed by atoms with Crippen molar-refractivity contribution >= 4 is 34.5 Å². The molecule has 0 heterocycles. The third-order valence-corrected chi connectivity index (χ3v) is 7.09. The molecular weight excluding hydrogens is 411 g/mol. The quantitative estimate of drug-likeness (QED) is 0.293. The summed E-state index contributed by atoms with van der Waals surface area (Å²) >= 11 is 0. The van der Waals surface area contributed by atoms with E-state index in [4.69, 9.17) is 0 Å². The zero-order valence-electron chi connectivity index (χ0n) is 18.5. The van der Waals surface area contributed by atoms with Crippen LogP contribution in [-0.2, 0) is 0 Å². The van der Waals surface area contributed by atoms with Gasteiger partial charge in [0.15, 0.2) is 0 Å². The average Bonchev–Trinajstić information content (AvgIpc) is 3.24. The maximum atomic E-state index is 9.95. The number of hydrogen-bond acceptors (Lipinski definition) is 1. The molecular formula is C32H20BO. The highest BCUT2D eigenvalue weighted by atomic mass is 16.2. The van der Waals surface area contributed by atoms with E-state index in [0.717, 1.165) is 10.8 Å². The maximum Gasteiger partial charge on any atom is 0.327 e. The molecule has 0 fully saturated rings. The molecule has 0 aliphatic heterocycles. The molecule has 0 aromatic heterocycles. The molecule has 1 aliphatic carbocycles. The minimum absolute atomic E-state index is 0.848. The molecule has 0 saturated heterocycles. The fourth-order valence-corrected chi connectivity index (χ4v) is 5.74. The standard InChI is InChI=1S/C32H20BO/c34-33-27-19-18-26-30-24(27)16-9-17-25(30)31-28(20-10-3-1-4-11-20)22-14-7-8-15-23(22)29(32(26)31)21-12-5-2-6-13-21/h1-19,34H. The monoisotopic (exact) mass is 431 g/mol. The summed E-state index contributed by atoms with van der Waals surface area (Å²) in [7, 11) is 1.22. The molecule has 7 rings (SSSR count). The van der Waals surface area contributed by atoms with Gasteiger partial charge < -0.3 is 5.02 Å². The zero-order chi connectivity index (χ0) is 22.6. The highest BCUT2D eigenvalue weighted by molar-refractivity contribution is 6.51. The minimum atomic E-state index is 0.848. The molecule has 1 aliphatic rings. The number of hydrogen-bond donors (Lipinski definition) is 1. The Morgan fingerprint density at radius 3 is 1.47 bits per heavy atom. The van der Waals surface area contributed by atoms with Gasteiger partial charge in [0.2, 0.25) is 0 Å². The third kappa shape index (κ3) is 2.60. The molecule has 1 N–H and O–H groups in total. The van der Waals surface area contributed by atoms with Crippen molar-refractivity contribution in [3.05, 3.63) is 115 Å². The highest BCUT2D eigenvalue weighted by Crippen LogP contribution is 2.57. The summed E-state index contributed by atoms with van der Waals surface area (Å²) in [5.74, 6) is 0. The number of rotatable bonds is 3. The lowest BCUT2D eigenvalue weighted by molar-refractivity contribution is 0.616. The summed E-state index contributed by atoms with van der Waals surface area (Å²) in [5, 5.41) is 14.8. The van der Waals surface area contributed by atoms with Crippen molar-refractivity contribution in [1.82, 2.24) is 0 Å². The molecule has 1 nitrogen and oxygen atoms in total. The van der Waals surface area contributed by atoms with Gasteiger partial charge >= 0.3 is 7.48 Å². The summed E-state index contributed by atoms with van der Waals surface area (Å²) in [5.41, 5.74) is 10.8. The van der Waals surface area contributed by atoms with Crippen LogP contribution in [0.15, 0.2) is 115 Å². The first-order chi connectivity index (χ1) is 16.9. The van der Waals surface area contributed by atoms with Crippen LogP contribution in [0, 0.1) is 0 Å². The van der Waals surface area contributed by atoms with Crippen LogP contribution < -0.4 is 5.46 Å². The van der Waals surface area contributed by atoms with E-state index in [0.29, 0.717) is 0 Å². The van der Waals surface area contributed by atoms with Crippen molar-refractivity contribution in [3.63, 3.8) is 0 Å². The summed E-state index contributed by atoms with van der Waals surface area (Å²) in [6.07, 6.45) is 0. The van der Waals surface area contributed by atoms with E-state index in [1.165, 1.54) is 68.1 Å². The van der Waals surface area contributed by atoms with Gasteiger partial charge in [-0.25, -0.2) is 0 Å². The lowest BCUT2D eigenvalue weighted by atomic mass is 9.82. The second-order valence-electron chi connectivity index (χ2n) is 8.84. The Hall–Kier alpha value is -4.14. The summed E-state index contributed by atoms with van der Waals surface area (Å²) < 4.78 is 0. The van der Waals surface area contributed by atoms with Crippen LogP contribution in [0.1, 0.15) is 0 Å². The van der Waals surface area contributed by atoms with Gasteiger partial charge in [-0.05, 0) is 71.5 Å². The van der Waals surface area contributed by atoms with Crippen LogP contribution >= 0.6 is 0 Å². The van der Waals surface area contributed by atoms with E-state index < -0.39 is 0 Å². The van der Waals surface area contributed by atoms with Gasteiger partial charge in [-0.15, -0.1) is 0 Å². The Bertz CT molecular complexity index is 1630. The summed E-state index contributed by atoms with van der Waals surface area (Å²) in [6.45, 7) is 0. The minimum Gasteiger partial charge on any atom is -0.450 e.